The van der Waals surface area contributed by atoms with Crippen molar-refractivity contribution in [3.63, 3.8) is 0 Å². The fourth-order valence-corrected chi connectivity index (χ4v) is 12.3. The smallest absolute Gasteiger partial charge is 0.251 e. The van der Waals surface area contributed by atoms with Gasteiger partial charge in [0, 0.05) is 60.2 Å². The van der Waals surface area contributed by atoms with Crippen LogP contribution >= 0.6 is 11.6 Å². The second-order valence-corrected chi connectivity index (χ2v) is 21.3. The minimum absolute atomic E-state index is 0.00878. The Labute approximate surface area is 385 Å². The van der Waals surface area contributed by atoms with Crippen molar-refractivity contribution < 1.29 is 40.4 Å². The Hall–Kier alpha value is -5.10. The van der Waals surface area contributed by atoms with E-state index in [0.29, 0.717) is 65.6 Å². The Morgan fingerprint density at radius 1 is 0.800 bits per heavy atom. The van der Waals surface area contributed by atoms with Gasteiger partial charge in [-0.05, 0) is 135 Å². The summed E-state index contributed by atoms with van der Waals surface area (Å²) in [6.45, 7) is 2.81. The number of rotatable bonds is 18. The van der Waals surface area contributed by atoms with Gasteiger partial charge in [0.15, 0.2) is 0 Å². The molecule has 17 heteroatoms. The van der Waals surface area contributed by atoms with E-state index < -0.39 is 26.0 Å². The van der Waals surface area contributed by atoms with Gasteiger partial charge in [-0.25, -0.2) is 16.8 Å². The number of carbonyl (C=O) groups is 3. The Morgan fingerprint density at radius 2 is 1.46 bits per heavy atom. The van der Waals surface area contributed by atoms with Crippen LogP contribution in [0.25, 0.3) is 11.0 Å². The summed E-state index contributed by atoms with van der Waals surface area (Å²) in [6.07, 6.45) is 7.80. The third-order valence-electron chi connectivity index (χ3n) is 12.6. The highest BCUT2D eigenvalue weighted by Gasteiger charge is 2.35. The van der Waals surface area contributed by atoms with Crippen LogP contribution in [0.5, 0.6) is 5.75 Å². The third-order valence-corrected chi connectivity index (χ3v) is 16.6. The van der Waals surface area contributed by atoms with Gasteiger partial charge < -0.3 is 19.8 Å². The molecule has 3 fully saturated rings. The van der Waals surface area contributed by atoms with E-state index >= 15 is 0 Å². The van der Waals surface area contributed by atoms with Gasteiger partial charge in [0.25, 0.3) is 5.91 Å². The van der Waals surface area contributed by atoms with Crippen LogP contribution in [0.3, 0.4) is 0 Å². The number of piperidine rings is 2. The number of hydrogen-bond acceptors (Lipinski definition) is 10. The maximum atomic E-state index is 14.4. The predicted octanol–water partition coefficient (Wildman–Crippen LogP) is 7.13. The molecular weight excluding hydrogens is 890 g/mol. The molecule has 0 spiro atoms. The number of fused-ring (bicyclic) bond motifs is 1. The molecule has 1 atom stereocenters. The Morgan fingerprint density at radius 3 is 2.15 bits per heavy atom. The van der Waals surface area contributed by atoms with Crippen LogP contribution in [-0.2, 0) is 42.7 Å². The molecular formula is C48H54ClN5O9S2. The highest BCUT2D eigenvalue weighted by Crippen LogP contribution is 2.35. The van der Waals surface area contributed by atoms with Gasteiger partial charge in [-0.1, -0.05) is 48.7 Å². The molecule has 14 nitrogen and oxygen atoms in total. The molecule has 1 saturated carbocycles. The normalized spacial score (nSPS) is 17.8. The first-order valence-electron chi connectivity index (χ1n) is 22.3. The van der Waals surface area contributed by atoms with Crippen LogP contribution in [0.1, 0.15) is 90.8 Å². The topological polar surface area (TPSA) is 184 Å². The molecule has 1 unspecified atom stereocenters. The maximum absolute atomic E-state index is 14.4. The van der Waals surface area contributed by atoms with Gasteiger partial charge in [-0.2, -0.15) is 8.61 Å². The lowest BCUT2D eigenvalue weighted by atomic mass is 9.90. The molecule has 0 radical (unpaired) electrons. The van der Waals surface area contributed by atoms with E-state index in [-0.39, 0.29) is 59.0 Å². The van der Waals surface area contributed by atoms with Crippen molar-refractivity contribution >= 4 is 60.3 Å². The first kappa shape index (κ1) is 46.4. The van der Waals surface area contributed by atoms with Crippen LogP contribution in [0.4, 0.5) is 0 Å². The fraction of sp³-hybridized carbons (Fsp3) is 0.396. The van der Waals surface area contributed by atoms with Crippen LogP contribution in [-0.4, -0.2) is 82.0 Å². The predicted molar refractivity (Wildman–Crippen MR) is 246 cm³/mol. The number of hydrogen-bond donors (Lipinski definition) is 3. The number of nitrogens with one attached hydrogen (secondary N) is 3. The monoisotopic (exact) mass is 943 g/mol. The van der Waals surface area contributed by atoms with Gasteiger partial charge in [0.2, 0.25) is 31.9 Å². The van der Waals surface area contributed by atoms with Gasteiger partial charge in [-0.15, -0.1) is 0 Å². The van der Waals surface area contributed by atoms with E-state index in [1.165, 1.54) is 28.6 Å². The summed E-state index contributed by atoms with van der Waals surface area (Å²) in [5.41, 5.74) is 3.27. The van der Waals surface area contributed by atoms with Crippen LogP contribution in [0.2, 0.25) is 5.02 Å². The van der Waals surface area contributed by atoms with Crippen molar-refractivity contribution in [2.75, 3.05) is 32.8 Å². The Kier molecular flexibility index (Phi) is 14.7. The number of imide groups is 1. The second-order valence-electron chi connectivity index (χ2n) is 17.1. The molecule has 5 aromatic rings. The molecule has 65 heavy (non-hydrogen) atoms. The maximum Gasteiger partial charge on any atom is 0.251 e. The summed E-state index contributed by atoms with van der Waals surface area (Å²) in [5, 5.41) is 9.96. The largest absolute Gasteiger partial charge is 0.494 e. The van der Waals surface area contributed by atoms with Crippen molar-refractivity contribution in [2.45, 2.75) is 92.6 Å². The minimum Gasteiger partial charge on any atom is -0.494 e. The first-order chi connectivity index (χ1) is 31.3. The summed E-state index contributed by atoms with van der Waals surface area (Å²) < 4.78 is 71.8. The van der Waals surface area contributed by atoms with E-state index in [1.54, 1.807) is 59.1 Å². The Bertz CT molecular complexity index is 2700. The highest BCUT2D eigenvalue weighted by molar-refractivity contribution is 7.89. The minimum atomic E-state index is -4.06. The van der Waals surface area contributed by atoms with Gasteiger partial charge in [0.1, 0.15) is 11.3 Å². The Balaban J connectivity index is 0.886. The SMILES string of the molecule is O=C1CCC(c2coc3ccc(OCCCNC(=O)c4ccc(CN(CC5CCNCC5)S(=O)(=O)c5ccc(S(=O)(=O)N(Cc6ccc(Cl)cc6)C6CCCC6)cc5)cc4)cc23)C(=O)N1. The van der Waals surface area contributed by atoms with Crippen LogP contribution in [0.15, 0.2) is 111 Å². The van der Waals surface area contributed by atoms with Crippen LogP contribution < -0.4 is 20.7 Å². The quantitative estimate of drug-likeness (QED) is 0.0604. The summed E-state index contributed by atoms with van der Waals surface area (Å²) in [4.78, 5) is 37.3. The first-order valence-corrected chi connectivity index (χ1v) is 25.5. The zero-order valence-electron chi connectivity index (χ0n) is 36.0. The van der Waals surface area contributed by atoms with E-state index in [2.05, 4.69) is 16.0 Å². The molecule has 3 amide bonds. The number of carbonyl (C=O) groups excluding carboxylic acids is 3. The second kappa shape index (κ2) is 20.6. The molecule has 0 bridgehead atoms. The lowest BCUT2D eigenvalue weighted by molar-refractivity contribution is -0.134. The van der Waals surface area contributed by atoms with E-state index in [9.17, 15) is 31.2 Å². The molecule has 3 heterocycles. The molecule has 8 rings (SSSR count). The molecule has 1 aromatic heterocycles. The van der Waals surface area contributed by atoms with E-state index in [0.717, 1.165) is 62.6 Å². The highest BCUT2D eigenvalue weighted by atomic mass is 35.5. The number of ether oxygens (including phenoxy) is 1. The van der Waals surface area contributed by atoms with Crippen LogP contribution in [0, 0.1) is 5.92 Å². The summed E-state index contributed by atoms with van der Waals surface area (Å²) in [7, 11) is -8.03. The average Bonchev–Trinajstić information content (AvgIpc) is 4.00. The zero-order valence-corrected chi connectivity index (χ0v) is 38.4. The lowest BCUT2D eigenvalue weighted by Crippen LogP contribution is -2.39. The number of furan rings is 1. The number of benzene rings is 4. The average molecular weight is 945 g/mol. The molecule has 344 valence electrons. The molecule has 2 saturated heterocycles. The number of sulfonamides is 2. The third kappa shape index (κ3) is 11.1. The number of nitrogens with zero attached hydrogens (tertiary/aromatic N) is 2. The molecule has 2 aliphatic heterocycles. The van der Waals surface area contributed by atoms with Crippen molar-refractivity contribution in [1.29, 1.82) is 0 Å². The van der Waals surface area contributed by atoms with Gasteiger partial charge in [-0.3, -0.25) is 19.7 Å². The fourth-order valence-electron chi connectivity index (χ4n) is 8.95. The van der Waals surface area contributed by atoms with Crippen molar-refractivity contribution in [1.82, 2.24) is 24.6 Å². The van der Waals surface area contributed by atoms with E-state index in [4.69, 9.17) is 20.8 Å². The van der Waals surface area contributed by atoms with Gasteiger partial charge >= 0.3 is 0 Å². The zero-order chi connectivity index (χ0) is 45.6. The molecule has 3 aliphatic rings. The molecule has 1 aliphatic carbocycles. The summed E-state index contributed by atoms with van der Waals surface area (Å²) in [6, 6.07) is 24.8. The number of halogens is 1. The summed E-state index contributed by atoms with van der Waals surface area (Å²) in [5.74, 6) is -0.662. The standard InChI is InChI=1S/C48H54ClN5O9S2/c49-37-12-8-34(9-13-37)31-54(38-4-1-2-5-38)65(60,61)41-17-15-40(16-18-41)64(58,59)53(30-35-22-25-50-26-23-35)29-33-6-10-36(11-7-33)47(56)51-24-3-27-62-39-14-20-45-43(28-39)44(32-63-45)42-19-21-46(55)52-48(42)57/h6-18,20,28,32,35,38,42,50H,1-5,19,21-27,29-31H2,(H,51,56)(H,52,55,57). The lowest BCUT2D eigenvalue weighted by Gasteiger charge is -2.30. The van der Waals surface area contributed by atoms with E-state index in [1.807, 2.05) is 18.2 Å². The van der Waals surface area contributed by atoms with Crippen molar-refractivity contribution in [2.24, 2.45) is 5.92 Å². The molecule has 3 N–H and O–H groups in total. The van der Waals surface area contributed by atoms with Crippen molar-refractivity contribution in [3.8, 4) is 5.75 Å². The summed E-state index contributed by atoms with van der Waals surface area (Å²) >= 11 is 6.10. The van der Waals surface area contributed by atoms with Crippen molar-refractivity contribution in [3.05, 3.63) is 125 Å². The van der Waals surface area contributed by atoms with Gasteiger partial charge in [0.05, 0.1) is 28.6 Å². The molecule has 4 aromatic carbocycles. The number of amides is 3.